The molecule has 0 bridgehead atoms. The summed E-state index contributed by atoms with van der Waals surface area (Å²) in [6.45, 7) is 5.34. The van der Waals surface area contributed by atoms with E-state index in [9.17, 15) is 9.59 Å². The lowest BCUT2D eigenvalue weighted by molar-refractivity contribution is -0.131. The van der Waals surface area contributed by atoms with Gasteiger partial charge < -0.3 is 4.74 Å². The fraction of sp³-hybridized carbons (Fsp3) is 0.370. The minimum absolute atomic E-state index is 0.0344. The maximum atomic E-state index is 13.9. The minimum Gasteiger partial charge on any atom is -0.372 e. The maximum absolute atomic E-state index is 13.9. The lowest BCUT2D eigenvalue weighted by Gasteiger charge is -2.35. The number of fused-ring (bicyclic) bond motifs is 2. The molecule has 0 spiro atoms. The molecule has 0 aliphatic carbocycles. The van der Waals surface area contributed by atoms with Crippen LogP contribution in [0.15, 0.2) is 76.1 Å². The van der Waals surface area contributed by atoms with Gasteiger partial charge in [0, 0.05) is 10.5 Å². The summed E-state index contributed by atoms with van der Waals surface area (Å²) in [5, 5.41) is 0.460. The van der Waals surface area contributed by atoms with E-state index in [1.165, 1.54) is 17.3 Å². The second kappa shape index (κ2) is 10.1. The molecule has 1 amide bonds. The summed E-state index contributed by atoms with van der Waals surface area (Å²) in [7, 11) is 0. The van der Waals surface area contributed by atoms with E-state index in [1.807, 2.05) is 60.7 Å². The number of ether oxygens (including phenoxy) is 1. The third kappa shape index (κ3) is 4.74. The van der Waals surface area contributed by atoms with E-state index in [4.69, 9.17) is 9.73 Å². The molecule has 3 aliphatic heterocycles. The van der Waals surface area contributed by atoms with Crippen LogP contribution in [-0.4, -0.2) is 45.6 Å². The van der Waals surface area contributed by atoms with Gasteiger partial charge in [0.2, 0.25) is 5.91 Å². The van der Waals surface area contributed by atoms with Gasteiger partial charge in [-0.05, 0) is 23.5 Å². The lowest BCUT2D eigenvalue weighted by atomic mass is 9.87. The first-order valence-corrected chi connectivity index (χ1v) is 13.5. The number of amidine groups is 1. The Labute approximate surface area is 209 Å². The van der Waals surface area contributed by atoms with E-state index >= 15 is 0 Å². The van der Waals surface area contributed by atoms with Crippen molar-refractivity contribution < 1.29 is 14.3 Å². The van der Waals surface area contributed by atoms with Crippen molar-refractivity contribution in [1.82, 2.24) is 4.90 Å². The SMILES string of the molecule is CC(C)C1CC2=C(CO1)SC1N=C(SCC(=O)c3ccccc3)N(Cc3ccccc3)C(=O)C21. The molecule has 2 aromatic rings. The molecule has 0 saturated carbocycles. The van der Waals surface area contributed by atoms with Gasteiger partial charge in [0.05, 0.1) is 30.9 Å². The quantitative estimate of drug-likeness (QED) is 0.506. The summed E-state index contributed by atoms with van der Waals surface area (Å²) in [5.74, 6) is 0.515. The summed E-state index contributed by atoms with van der Waals surface area (Å²) in [6.07, 6.45) is 0.924. The highest BCUT2D eigenvalue weighted by molar-refractivity contribution is 8.14. The maximum Gasteiger partial charge on any atom is 0.239 e. The number of carbonyl (C=O) groups excluding carboxylic acids is 2. The number of aliphatic imine (C=N–C) groups is 1. The first kappa shape index (κ1) is 23.4. The standard InChI is InChI=1S/C27H28N2O3S2/c1-17(2)22-13-20-23(15-32-22)34-25-24(20)26(31)29(14-18-9-5-3-6-10-18)27(28-25)33-16-21(30)19-11-7-4-8-12-19/h3-12,17,22,24-25H,13-16H2,1-2H3. The molecule has 7 heteroatoms. The molecule has 5 nitrogen and oxygen atoms in total. The van der Waals surface area contributed by atoms with Gasteiger partial charge in [0.1, 0.15) is 5.37 Å². The molecule has 2 aromatic carbocycles. The molecule has 3 aliphatic rings. The third-order valence-electron chi connectivity index (χ3n) is 6.49. The van der Waals surface area contributed by atoms with Crippen LogP contribution in [0.2, 0.25) is 0 Å². The van der Waals surface area contributed by atoms with Crippen molar-refractivity contribution in [2.24, 2.45) is 16.8 Å². The summed E-state index contributed by atoms with van der Waals surface area (Å²) < 4.78 is 6.07. The number of amides is 1. The van der Waals surface area contributed by atoms with Crippen molar-refractivity contribution in [2.75, 3.05) is 12.4 Å². The fourth-order valence-electron chi connectivity index (χ4n) is 4.57. The topological polar surface area (TPSA) is 59.0 Å². The molecule has 3 unspecified atom stereocenters. The number of thioether (sulfide) groups is 2. The van der Waals surface area contributed by atoms with Gasteiger partial charge in [-0.2, -0.15) is 0 Å². The van der Waals surface area contributed by atoms with Crippen LogP contribution in [0.3, 0.4) is 0 Å². The molecule has 0 radical (unpaired) electrons. The van der Waals surface area contributed by atoms with Crippen LogP contribution in [0.4, 0.5) is 0 Å². The van der Waals surface area contributed by atoms with E-state index in [0.29, 0.717) is 29.8 Å². The Morgan fingerprint density at radius 2 is 1.85 bits per heavy atom. The zero-order valence-electron chi connectivity index (χ0n) is 19.3. The molecule has 0 N–H and O–H groups in total. The summed E-state index contributed by atoms with van der Waals surface area (Å²) in [4.78, 5) is 34.7. The number of nitrogens with zero attached hydrogens (tertiary/aromatic N) is 2. The average molecular weight is 493 g/mol. The normalized spacial score (nSPS) is 24.2. The van der Waals surface area contributed by atoms with Gasteiger partial charge in [-0.1, -0.05) is 98.0 Å². The zero-order valence-corrected chi connectivity index (χ0v) is 21.0. The summed E-state index contributed by atoms with van der Waals surface area (Å²) in [6, 6.07) is 19.2. The van der Waals surface area contributed by atoms with Crippen LogP contribution in [-0.2, 0) is 16.1 Å². The Balaban J connectivity index is 1.41. The van der Waals surface area contributed by atoms with Gasteiger partial charge in [0.15, 0.2) is 11.0 Å². The Morgan fingerprint density at radius 3 is 2.56 bits per heavy atom. The second-order valence-electron chi connectivity index (χ2n) is 9.13. The lowest BCUT2D eigenvalue weighted by Crippen LogP contribution is -2.47. The van der Waals surface area contributed by atoms with Crippen LogP contribution >= 0.6 is 23.5 Å². The van der Waals surface area contributed by atoms with Crippen molar-refractivity contribution in [1.29, 1.82) is 0 Å². The molecular formula is C27H28N2O3S2. The number of hydrogen-bond acceptors (Lipinski definition) is 6. The van der Waals surface area contributed by atoms with Gasteiger partial charge in [-0.3, -0.25) is 14.5 Å². The highest BCUT2D eigenvalue weighted by atomic mass is 32.2. The van der Waals surface area contributed by atoms with E-state index in [-0.39, 0.29) is 34.8 Å². The second-order valence-corrected chi connectivity index (χ2v) is 11.3. The van der Waals surface area contributed by atoms with Crippen molar-refractivity contribution in [3.8, 4) is 0 Å². The van der Waals surface area contributed by atoms with Gasteiger partial charge in [0.25, 0.3) is 0 Å². The minimum atomic E-state index is -0.247. The highest BCUT2D eigenvalue weighted by Crippen LogP contribution is 2.50. The highest BCUT2D eigenvalue weighted by Gasteiger charge is 2.48. The fourth-order valence-corrected chi connectivity index (χ4v) is 6.92. The first-order valence-electron chi connectivity index (χ1n) is 11.7. The Bertz CT molecular complexity index is 1130. The Kier molecular flexibility index (Phi) is 6.95. The van der Waals surface area contributed by atoms with Gasteiger partial charge >= 0.3 is 0 Å². The van der Waals surface area contributed by atoms with Gasteiger partial charge in [-0.15, -0.1) is 0 Å². The van der Waals surface area contributed by atoms with E-state index < -0.39 is 0 Å². The summed E-state index contributed by atoms with van der Waals surface area (Å²) >= 11 is 3.02. The van der Waals surface area contributed by atoms with E-state index in [1.54, 1.807) is 16.7 Å². The van der Waals surface area contributed by atoms with Crippen LogP contribution in [0.1, 0.15) is 36.2 Å². The zero-order chi connectivity index (χ0) is 23.7. The molecule has 0 saturated heterocycles. The van der Waals surface area contributed by atoms with Crippen molar-refractivity contribution in [3.63, 3.8) is 0 Å². The largest absolute Gasteiger partial charge is 0.372 e. The number of Topliss-reactive ketones (excluding diaryl/α,β-unsaturated/α-hetero) is 1. The number of benzene rings is 2. The van der Waals surface area contributed by atoms with E-state index in [2.05, 4.69) is 13.8 Å². The number of carbonyl (C=O) groups is 2. The molecule has 0 aromatic heterocycles. The first-order chi connectivity index (χ1) is 16.5. The van der Waals surface area contributed by atoms with Crippen molar-refractivity contribution >= 4 is 40.4 Å². The van der Waals surface area contributed by atoms with E-state index in [0.717, 1.165) is 16.9 Å². The Hall–Kier alpha value is -2.35. The number of hydrogen-bond donors (Lipinski definition) is 0. The molecular weight excluding hydrogens is 464 g/mol. The smallest absolute Gasteiger partial charge is 0.239 e. The van der Waals surface area contributed by atoms with Crippen molar-refractivity contribution in [3.05, 3.63) is 82.3 Å². The molecule has 5 rings (SSSR count). The Morgan fingerprint density at radius 1 is 1.15 bits per heavy atom. The van der Waals surface area contributed by atoms with Crippen LogP contribution in [0.25, 0.3) is 0 Å². The molecule has 176 valence electrons. The molecule has 0 fully saturated rings. The third-order valence-corrected chi connectivity index (χ3v) is 8.76. The van der Waals surface area contributed by atoms with Crippen LogP contribution in [0.5, 0.6) is 0 Å². The van der Waals surface area contributed by atoms with Gasteiger partial charge in [-0.25, -0.2) is 4.99 Å². The molecule has 3 atom stereocenters. The van der Waals surface area contributed by atoms with Crippen molar-refractivity contribution in [2.45, 2.75) is 38.3 Å². The number of rotatable bonds is 6. The summed E-state index contributed by atoms with van der Waals surface area (Å²) in [5.41, 5.74) is 2.93. The van der Waals surface area contributed by atoms with Crippen LogP contribution < -0.4 is 0 Å². The number of ketones is 1. The molecule has 34 heavy (non-hydrogen) atoms. The molecule has 3 heterocycles. The van der Waals surface area contributed by atoms with Crippen LogP contribution in [0, 0.1) is 11.8 Å². The monoisotopic (exact) mass is 492 g/mol. The predicted molar refractivity (Wildman–Crippen MR) is 139 cm³/mol. The average Bonchev–Trinajstić information content (AvgIpc) is 3.23. The predicted octanol–water partition coefficient (Wildman–Crippen LogP) is 5.39.